The summed E-state index contributed by atoms with van der Waals surface area (Å²) < 4.78 is 5.31. The van der Waals surface area contributed by atoms with Gasteiger partial charge in [-0.1, -0.05) is 45.6 Å². The van der Waals surface area contributed by atoms with Crippen molar-refractivity contribution >= 4 is 5.78 Å². The van der Waals surface area contributed by atoms with E-state index in [0.29, 0.717) is 5.78 Å². The largest absolute Gasteiger partial charge is 0.497 e. The SMILES string of the molecule is CCCCC1(CCCC)CCc2ccc(OC)cc2C1=O. The third kappa shape index (κ3) is 3.30. The van der Waals surface area contributed by atoms with E-state index >= 15 is 0 Å². The molecule has 1 aliphatic carbocycles. The first-order valence-electron chi connectivity index (χ1n) is 8.38. The van der Waals surface area contributed by atoms with Gasteiger partial charge in [0.2, 0.25) is 0 Å². The average Bonchev–Trinajstić information content (AvgIpc) is 2.53. The third-order valence-electron chi connectivity index (χ3n) is 4.93. The van der Waals surface area contributed by atoms with E-state index in [9.17, 15) is 4.79 Å². The molecule has 0 N–H and O–H groups in total. The molecule has 0 unspecified atom stereocenters. The molecule has 0 saturated carbocycles. The number of ether oxygens (including phenoxy) is 1. The molecule has 116 valence electrons. The fourth-order valence-corrected chi connectivity index (χ4v) is 3.52. The molecule has 0 aromatic heterocycles. The number of ketones is 1. The topological polar surface area (TPSA) is 26.3 Å². The number of carbonyl (C=O) groups excluding carboxylic acids is 1. The van der Waals surface area contributed by atoms with Crippen LogP contribution < -0.4 is 4.74 Å². The van der Waals surface area contributed by atoms with Gasteiger partial charge >= 0.3 is 0 Å². The van der Waals surface area contributed by atoms with Gasteiger partial charge in [0.1, 0.15) is 5.75 Å². The van der Waals surface area contributed by atoms with Crippen LogP contribution in [0.25, 0.3) is 0 Å². The second-order valence-electron chi connectivity index (χ2n) is 6.34. The standard InChI is InChI=1S/C19H28O2/c1-4-6-11-19(12-7-5-2)13-10-15-8-9-16(21-3)14-17(15)18(19)20/h8-9,14H,4-7,10-13H2,1-3H3. The number of carbonyl (C=O) groups is 1. The molecule has 0 atom stereocenters. The van der Waals surface area contributed by atoms with Crippen molar-refractivity contribution in [3.8, 4) is 5.75 Å². The van der Waals surface area contributed by atoms with Crippen LogP contribution >= 0.6 is 0 Å². The van der Waals surface area contributed by atoms with Gasteiger partial charge in [-0.15, -0.1) is 0 Å². The van der Waals surface area contributed by atoms with E-state index in [0.717, 1.165) is 62.7 Å². The van der Waals surface area contributed by atoms with Crippen molar-refractivity contribution < 1.29 is 9.53 Å². The number of hydrogen-bond acceptors (Lipinski definition) is 2. The molecule has 0 fully saturated rings. The van der Waals surface area contributed by atoms with Gasteiger partial charge in [0.15, 0.2) is 5.78 Å². The maximum atomic E-state index is 13.2. The van der Waals surface area contributed by atoms with Crippen LogP contribution in [0.5, 0.6) is 5.75 Å². The first-order valence-corrected chi connectivity index (χ1v) is 8.38. The third-order valence-corrected chi connectivity index (χ3v) is 4.93. The number of hydrogen-bond donors (Lipinski definition) is 0. The van der Waals surface area contributed by atoms with E-state index in [1.54, 1.807) is 7.11 Å². The highest BCUT2D eigenvalue weighted by molar-refractivity contribution is 6.03. The predicted molar refractivity (Wildman–Crippen MR) is 87.1 cm³/mol. The Labute approximate surface area is 128 Å². The summed E-state index contributed by atoms with van der Waals surface area (Å²) in [5.41, 5.74) is 1.99. The lowest BCUT2D eigenvalue weighted by atomic mass is 9.65. The lowest BCUT2D eigenvalue weighted by molar-refractivity contribution is 0.0707. The molecule has 1 aromatic rings. The lowest BCUT2D eigenvalue weighted by Crippen LogP contribution is -2.36. The maximum absolute atomic E-state index is 13.2. The molecule has 0 aliphatic heterocycles. The Morgan fingerprint density at radius 3 is 2.38 bits per heavy atom. The van der Waals surface area contributed by atoms with Crippen molar-refractivity contribution in [2.45, 2.75) is 65.2 Å². The molecule has 2 heteroatoms. The first-order chi connectivity index (χ1) is 10.2. The second kappa shape index (κ2) is 7.11. The van der Waals surface area contributed by atoms with E-state index < -0.39 is 0 Å². The van der Waals surface area contributed by atoms with Gasteiger partial charge in [-0.25, -0.2) is 0 Å². The predicted octanol–water partition coefficient (Wildman–Crippen LogP) is 5.19. The van der Waals surface area contributed by atoms with Crippen molar-refractivity contribution in [3.05, 3.63) is 29.3 Å². The van der Waals surface area contributed by atoms with Gasteiger partial charge in [-0.2, -0.15) is 0 Å². The fourth-order valence-electron chi connectivity index (χ4n) is 3.52. The van der Waals surface area contributed by atoms with E-state index in [1.807, 2.05) is 12.1 Å². The Kier molecular flexibility index (Phi) is 5.44. The van der Waals surface area contributed by atoms with E-state index in [-0.39, 0.29) is 5.41 Å². The summed E-state index contributed by atoms with van der Waals surface area (Å²) in [4.78, 5) is 13.2. The van der Waals surface area contributed by atoms with Crippen molar-refractivity contribution in [3.63, 3.8) is 0 Å². The maximum Gasteiger partial charge on any atom is 0.169 e. The number of unbranched alkanes of at least 4 members (excludes halogenated alkanes) is 2. The summed E-state index contributed by atoms with van der Waals surface area (Å²) in [5, 5.41) is 0. The Hall–Kier alpha value is -1.31. The van der Waals surface area contributed by atoms with Crippen LogP contribution in [0, 0.1) is 5.41 Å². The Morgan fingerprint density at radius 2 is 1.81 bits per heavy atom. The highest BCUT2D eigenvalue weighted by Crippen LogP contribution is 2.44. The molecule has 2 rings (SSSR count). The summed E-state index contributed by atoms with van der Waals surface area (Å²) in [6, 6.07) is 5.98. The minimum atomic E-state index is -0.120. The smallest absolute Gasteiger partial charge is 0.169 e. The number of Topliss-reactive ketones (excluding diaryl/α,β-unsaturated/α-hetero) is 1. The van der Waals surface area contributed by atoms with Gasteiger partial charge in [-0.3, -0.25) is 4.79 Å². The highest BCUT2D eigenvalue weighted by Gasteiger charge is 2.41. The Bertz CT molecular complexity index is 482. The molecular weight excluding hydrogens is 260 g/mol. The molecule has 1 aromatic carbocycles. The van der Waals surface area contributed by atoms with Gasteiger partial charge in [-0.05, 0) is 43.4 Å². The van der Waals surface area contributed by atoms with Gasteiger partial charge in [0, 0.05) is 11.0 Å². The quantitative estimate of drug-likeness (QED) is 0.690. The molecule has 0 bridgehead atoms. The monoisotopic (exact) mass is 288 g/mol. The van der Waals surface area contributed by atoms with E-state index in [1.165, 1.54) is 5.56 Å². The average molecular weight is 288 g/mol. The molecule has 0 radical (unpaired) electrons. The van der Waals surface area contributed by atoms with Crippen LogP contribution in [0.2, 0.25) is 0 Å². The molecule has 1 aliphatic rings. The molecular formula is C19H28O2. The van der Waals surface area contributed by atoms with Crippen molar-refractivity contribution in [1.82, 2.24) is 0 Å². The normalized spacial score (nSPS) is 16.6. The Morgan fingerprint density at radius 1 is 1.14 bits per heavy atom. The molecule has 0 saturated heterocycles. The zero-order chi connectivity index (χ0) is 15.3. The summed E-state index contributed by atoms with van der Waals surface area (Å²) in [7, 11) is 1.66. The van der Waals surface area contributed by atoms with E-state index in [2.05, 4.69) is 19.9 Å². The summed E-state index contributed by atoms with van der Waals surface area (Å²) in [6.07, 6.45) is 8.74. The first kappa shape index (κ1) is 16.1. The van der Waals surface area contributed by atoms with Crippen molar-refractivity contribution in [2.24, 2.45) is 5.41 Å². The summed E-state index contributed by atoms with van der Waals surface area (Å²) in [6.45, 7) is 4.41. The zero-order valence-corrected chi connectivity index (χ0v) is 13.7. The Balaban J connectivity index is 2.32. The van der Waals surface area contributed by atoms with Gasteiger partial charge in [0.05, 0.1) is 7.11 Å². The fraction of sp³-hybridized carbons (Fsp3) is 0.632. The van der Waals surface area contributed by atoms with Crippen LogP contribution in [0.3, 0.4) is 0 Å². The second-order valence-corrected chi connectivity index (χ2v) is 6.34. The lowest BCUT2D eigenvalue weighted by Gasteiger charge is -2.37. The molecule has 21 heavy (non-hydrogen) atoms. The summed E-state index contributed by atoms with van der Waals surface area (Å²) >= 11 is 0. The molecule has 0 spiro atoms. The van der Waals surface area contributed by atoms with E-state index in [4.69, 9.17) is 4.74 Å². The number of methoxy groups -OCH3 is 1. The van der Waals surface area contributed by atoms with Gasteiger partial charge in [0.25, 0.3) is 0 Å². The van der Waals surface area contributed by atoms with Crippen LogP contribution in [0.15, 0.2) is 18.2 Å². The molecule has 0 heterocycles. The van der Waals surface area contributed by atoms with Crippen LogP contribution in [0.4, 0.5) is 0 Å². The number of aryl methyl sites for hydroxylation is 1. The van der Waals surface area contributed by atoms with Crippen molar-refractivity contribution in [1.29, 1.82) is 0 Å². The minimum absolute atomic E-state index is 0.120. The molecule has 2 nitrogen and oxygen atoms in total. The van der Waals surface area contributed by atoms with Crippen LogP contribution in [-0.2, 0) is 6.42 Å². The number of rotatable bonds is 7. The minimum Gasteiger partial charge on any atom is -0.497 e. The zero-order valence-electron chi connectivity index (χ0n) is 13.7. The molecule has 0 amide bonds. The summed E-state index contributed by atoms with van der Waals surface area (Å²) in [5.74, 6) is 1.16. The number of fused-ring (bicyclic) bond motifs is 1. The highest BCUT2D eigenvalue weighted by atomic mass is 16.5. The van der Waals surface area contributed by atoms with Crippen LogP contribution in [-0.4, -0.2) is 12.9 Å². The van der Waals surface area contributed by atoms with Crippen molar-refractivity contribution in [2.75, 3.05) is 7.11 Å². The van der Waals surface area contributed by atoms with Gasteiger partial charge < -0.3 is 4.74 Å². The number of benzene rings is 1. The van der Waals surface area contributed by atoms with Crippen LogP contribution in [0.1, 0.15) is 74.7 Å².